The smallest absolute Gasteiger partial charge is 0.197 e. The summed E-state index contributed by atoms with van der Waals surface area (Å²) in [7, 11) is 1.64. The molecule has 6 heteroatoms. The van der Waals surface area contributed by atoms with Gasteiger partial charge in [-0.05, 0) is 24.3 Å². The monoisotopic (exact) mass is 322 g/mol. The van der Waals surface area contributed by atoms with E-state index in [9.17, 15) is 0 Å². The van der Waals surface area contributed by atoms with Gasteiger partial charge in [-0.2, -0.15) is 5.26 Å². The van der Waals surface area contributed by atoms with E-state index >= 15 is 0 Å². The highest BCUT2D eigenvalue weighted by molar-refractivity contribution is 7.99. The second-order valence-corrected chi connectivity index (χ2v) is 5.59. The van der Waals surface area contributed by atoms with Crippen molar-refractivity contribution in [1.82, 2.24) is 14.8 Å². The molecule has 3 aromatic rings. The summed E-state index contributed by atoms with van der Waals surface area (Å²) >= 11 is 1.36. The van der Waals surface area contributed by atoms with Crippen LogP contribution in [0.3, 0.4) is 0 Å². The van der Waals surface area contributed by atoms with Gasteiger partial charge >= 0.3 is 0 Å². The second-order valence-electron chi connectivity index (χ2n) is 4.65. The van der Waals surface area contributed by atoms with Crippen molar-refractivity contribution in [3.63, 3.8) is 0 Å². The minimum Gasteiger partial charge on any atom is -0.497 e. The number of thioether (sulfide) groups is 1. The van der Waals surface area contributed by atoms with Crippen molar-refractivity contribution in [2.24, 2.45) is 0 Å². The average molecular weight is 322 g/mol. The summed E-state index contributed by atoms with van der Waals surface area (Å²) in [5.41, 5.74) is 1.90. The van der Waals surface area contributed by atoms with Crippen LogP contribution in [0.5, 0.6) is 5.75 Å². The Morgan fingerprint density at radius 3 is 2.48 bits per heavy atom. The molecule has 0 aliphatic carbocycles. The lowest BCUT2D eigenvalue weighted by atomic mass is 10.2. The van der Waals surface area contributed by atoms with Gasteiger partial charge in [-0.25, -0.2) is 0 Å². The van der Waals surface area contributed by atoms with Crippen LogP contribution in [0.2, 0.25) is 0 Å². The quantitative estimate of drug-likeness (QED) is 0.672. The van der Waals surface area contributed by atoms with Gasteiger partial charge in [0.25, 0.3) is 0 Å². The minimum absolute atomic E-state index is 0.322. The molecule has 0 fully saturated rings. The zero-order chi connectivity index (χ0) is 16.1. The molecule has 0 aliphatic rings. The van der Waals surface area contributed by atoms with E-state index in [1.807, 2.05) is 59.2 Å². The van der Waals surface area contributed by atoms with Gasteiger partial charge in [0.05, 0.1) is 18.9 Å². The first-order valence-corrected chi connectivity index (χ1v) is 7.97. The number of ether oxygens (including phenoxy) is 1. The Kier molecular flexibility index (Phi) is 4.60. The largest absolute Gasteiger partial charge is 0.497 e. The van der Waals surface area contributed by atoms with Gasteiger partial charge in [0.1, 0.15) is 5.75 Å². The Hall–Kier alpha value is -2.78. The summed E-state index contributed by atoms with van der Waals surface area (Å²) in [6.45, 7) is 0. The number of methoxy groups -OCH3 is 1. The topological polar surface area (TPSA) is 63.7 Å². The number of hydrogen-bond acceptors (Lipinski definition) is 5. The van der Waals surface area contributed by atoms with Crippen molar-refractivity contribution >= 4 is 11.8 Å². The standard InChI is InChI=1S/C17H14N4OS/c1-22-15-9-7-14(8-10-15)21-16(13-5-3-2-4-6-13)19-20-17(21)23-12-11-18/h2-10H,12H2,1H3. The van der Waals surface area contributed by atoms with Crippen LogP contribution in [0.15, 0.2) is 59.8 Å². The van der Waals surface area contributed by atoms with Crippen molar-refractivity contribution in [3.05, 3.63) is 54.6 Å². The fourth-order valence-electron chi connectivity index (χ4n) is 2.20. The highest BCUT2D eigenvalue weighted by Crippen LogP contribution is 2.28. The van der Waals surface area contributed by atoms with Crippen LogP contribution in [0, 0.1) is 11.3 Å². The summed E-state index contributed by atoms with van der Waals surface area (Å²) in [5.74, 6) is 1.86. The lowest BCUT2D eigenvalue weighted by Crippen LogP contribution is -2.00. The third-order valence-electron chi connectivity index (χ3n) is 3.26. The fourth-order valence-corrected chi connectivity index (χ4v) is 2.81. The molecule has 23 heavy (non-hydrogen) atoms. The van der Waals surface area contributed by atoms with Gasteiger partial charge < -0.3 is 4.74 Å². The first-order valence-electron chi connectivity index (χ1n) is 6.98. The number of hydrogen-bond donors (Lipinski definition) is 0. The fraction of sp³-hybridized carbons (Fsp3) is 0.118. The Labute approximate surface area is 138 Å². The molecule has 0 aliphatic heterocycles. The van der Waals surface area contributed by atoms with Crippen molar-refractivity contribution in [3.8, 4) is 28.9 Å². The van der Waals surface area contributed by atoms with Crippen LogP contribution < -0.4 is 4.74 Å². The molecule has 1 aromatic heterocycles. The SMILES string of the molecule is COc1ccc(-n2c(SCC#N)nnc2-c2ccccc2)cc1. The molecule has 3 rings (SSSR count). The van der Waals surface area contributed by atoms with E-state index in [1.165, 1.54) is 11.8 Å². The maximum absolute atomic E-state index is 8.84. The van der Waals surface area contributed by atoms with Crippen LogP contribution in [0.1, 0.15) is 0 Å². The molecule has 114 valence electrons. The van der Waals surface area contributed by atoms with Crippen LogP contribution in [0.25, 0.3) is 17.1 Å². The molecule has 0 bridgehead atoms. The van der Waals surface area contributed by atoms with Crippen molar-refractivity contribution in [2.75, 3.05) is 12.9 Å². The molecule has 2 aromatic carbocycles. The van der Waals surface area contributed by atoms with Gasteiger partial charge in [-0.1, -0.05) is 42.1 Å². The van der Waals surface area contributed by atoms with Gasteiger partial charge in [-0.15, -0.1) is 10.2 Å². The summed E-state index contributed by atoms with van der Waals surface area (Å²) in [5, 5.41) is 18.1. The lowest BCUT2D eigenvalue weighted by molar-refractivity contribution is 0.414. The number of benzene rings is 2. The third-order valence-corrected chi connectivity index (χ3v) is 4.06. The molecule has 0 spiro atoms. The molecule has 5 nitrogen and oxygen atoms in total. The Morgan fingerprint density at radius 1 is 1.09 bits per heavy atom. The predicted molar refractivity (Wildman–Crippen MR) is 89.7 cm³/mol. The summed E-state index contributed by atoms with van der Waals surface area (Å²) in [6, 6.07) is 19.7. The Bertz CT molecular complexity index is 822. The molecule has 0 atom stereocenters. The molecule has 0 unspecified atom stereocenters. The highest BCUT2D eigenvalue weighted by atomic mass is 32.2. The molecule has 1 heterocycles. The molecule has 0 radical (unpaired) electrons. The van der Waals surface area contributed by atoms with Gasteiger partial charge in [-0.3, -0.25) is 4.57 Å². The number of nitrogens with zero attached hydrogens (tertiary/aromatic N) is 4. The van der Waals surface area contributed by atoms with E-state index in [4.69, 9.17) is 10.00 Å². The van der Waals surface area contributed by atoms with Gasteiger partial charge in [0.2, 0.25) is 0 Å². The van der Waals surface area contributed by atoms with Crippen molar-refractivity contribution < 1.29 is 4.74 Å². The van der Waals surface area contributed by atoms with Crippen LogP contribution in [-0.4, -0.2) is 27.6 Å². The number of rotatable bonds is 5. The molecular weight excluding hydrogens is 308 g/mol. The molecular formula is C17H14N4OS. The summed E-state index contributed by atoms with van der Waals surface area (Å²) in [6.07, 6.45) is 0. The number of aromatic nitrogens is 3. The summed E-state index contributed by atoms with van der Waals surface area (Å²) < 4.78 is 7.16. The van der Waals surface area contributed by atoms with Crippen molar-refractivity contribution in [2.45, 2.75) is 5.16 Å². The van der Waals surface area contributed by atoms with Crippen LogP contribution in [-0.2, 0) is 0 Å². The zero-order valence-electron chi connectivity index (χ0n) is 12.5. The maximum Gasteiger partial charge on any atom is 0.197 e. The first-order chi connectivity index (χ1) is 11.3. The molecule has 0 saturated carbocycles. The first kappa shape index (κ1) is 15.1. The Morgan fingerprint density at radius 2 is 1.83 bits per heavy atom. The zero-order valence-corrected chi connectivity index (χ0v) is 13.3. The second kappa shape index (κ2) is 6.99. The van der Waals surface area contributed by atoms with Crippen LogP contribution in [0.4, 0.5) is 0 Å². The van der Waals surface area contributed by atoms with E-state index in [-0.39, 0.29) is 0 Å². The number of nitriles is 1. The minimum atomic E-state index is 0.322. The molecule has 0 amide bonds. The van der Waals surface area contributed by atoms with E-state index in [0.717, 1.165) is 22.8 Å². The average Bonchev–Trinajstić information content (AvgIpc) is 3.04. The van der Waals surface area contributed by atoms with E-state index < -0.39 is 0 Å². The van der Waals surface area contributed by atoms with E-state index in [0.29, 0.717) is 10.9 Å². The van der Waals surface area contributed by atoms with Gasteiger partial charge in [0, 0.05) is 11.3 Å². The van der Waals surface area contributed by atoms with Crippen LogP contribution >= 0.6 is 11.8 Å². The van der Waals surface area contributed by atoms with Crippen molar-refractivity contribution in [1.29, 1.82) is 5.26 Å². The Balaban J connectivity index is 2.10. The molecule has 0 N–H and O–H groups in total. The lowest BCUT2D eigenvalue weighted by Gasteiger charge is -2.10. The molecule has 0 saturated heterocycles. The maximum atomic E-state index is 8.84. The third kappa shape index (κ3) is 3.20. The van der Waals surface area contributed by atoms with Gasteiger partial charge in [0.15, 0.2) is 11.0 Å². The normalized spacial score (nSPS) is 10.3. The predicted octanol–water partition coefficient (Wildman–Crippen LogP) is 3.56. The van der Waals surface area contributed by atoms with E-state index in [1.54, 1.807) is 7.11 Å². The summed E-state index contributed by atoms with van der Waals surface area (Å²) in [4.78, 5) is 0. The van der Waals surface area contributed by atoms with E-state index in [2.05, 4.69) is 16.3 Å². The highest BCUT2D eigenvalue weighted by Gasteiger charge is 2.15.